The van der Waals surface area contributed by atoms with Crippen molar-refractivity contribution in [2.45, 2.75) is 0 Å². The molecule has 7 heteroatoms. The average molecular weight is 267 g/mol. The van der Waals surface area contributed by atoms with Gasteiger partial charge in [0.2, 0.25) is 0 Å². The molecule has 3 rings (SSSR count). The molecule has 0 aliphatic rings. The van der Waals surface area contributed by atoms with E-state index in [1.165, 1.54) is 0 Å². The van der Waals surface area contributed by atoms with E-state index in [9.17, 15) is 17.6 Å². The Morgan fingerprint density at radius 2 is 1.42 bits per heavy atom. The van der Waals surface area contributed by atoms with Crippen molar-refractivity contribution in [1.29, 1.82) is 0 Å². The molecule has 1 heterocycles. The minimum atomic E-state index is -1.90. The molecule has 0 saturated heterocycles. The number of para-hydroxylation sites is 1. The third-order valence-electron chi connectivity index (χ3n) is 2.66. The first-order valence-electron chi connectivity index (χ1n) is 5.24. The van der Waals surface area contributed by atoms with Crippen LogP contribution in [0.25, 0.3) is 16.7 Å². The molecular formula is C12H5F4N3. The van der Waals surface area contributed by atoms with E-state index in [-0.39, 0.29) is 0 Å². The summed E-state index contributed by atoms with van der Waals surface area (Å²) < 4.78 is 54.4. The van der Waals surface area contributed by atoms with Gasteiger partial charge >= 0.3 is 0 Å². The number of fused-ring (bicyclic) bond motifs is 1. The molecule has 0 spiro atoms. The fourth-order valence-corrected chi connectivity index (χ4v) is 1.78. The monoisotopic (exact) mass is 267 g/mol. The molecule has 2 aromatic carbocycles. The maximum Gasteiger partial charge on any atom is 0.199 e. The fraction of sp³-hybridized carbons (Fsp3) is 0. The molecule has 0 aliphatic carbocycles. The highest BCUT2D eigenvalue weighted by Crippen LogP contribution is 2.26. The van der Waals surface area contributed by atoms with E-state index in [2.05, 4.69) is 10.3 Å². The number of nitrogens with zero attached hydrogens (tertiary/aromatic N) is 3. The topological polar surface area (TPSA) is 30.7 Å². The molecule has 0 bridgehead atoms. The zero-order chi connectivity index (χ0) is 13.6. The second-order valence-electron chi connectivity index (χ2n) is 3.79. The van der Waals surface area contributed by atoms with Crippen molar-refractivity contribution in [3.8, 4) is 5.69 Å². The van der Waals surface area contributed by atoms with Crippen LogP contribution in [0, 0.1) is 23.3 Å². The smallest absolute Gasteiger partial charge is 0.199 e. The average Bonchev–Trinajstić information content (AvgIpc) is 2.88. The van der Waals surface area contributed by atoms with Gasteiger partial charge in [0.15, 0.2) is 28.8 Å². The van der Waals surface area contributed by atoms with Gasteiger partial charge < -0.3 is 0 Å². The van der Waals surface area contributed by atoms with E-state index in [0.717, 1.165) is 4.68 Å². The maximum atomic E-state index is 13.7. The summed E-state index contributed by atoms with van der Waals surface area (Å²) in [7, 11) is 0. The summed E-state index contributed by atoms with van der Waals surface area (Å²) in [5.74, 6) is -6.87. The van der Waals surface area contributed by atoms with Crippen LogP contribution in [0.15, 0.2) is 30.3 Å². The predicted molar refractivity (Wildman–Crippen MR) is 58.7 cm³/mol. The number of benzene rings is 2. The first-order valence-corrected chi connectivity index (χ1v) is 5.24. The van der Waals surface area contributed by atoms with Gasteiger partial charge in [-0.05, 0) is 12.1 Å². The molecule has 0 unspecified atom stereocenters. The van der Waals surface area contributed by atoms with Crippen molar-refractivity contribution in [3.63, 3.8) is 0 Å². The first-order chi connectivity index (χ1) is 9.11. The summed E-state index contributed by atoms with van der Waals surface area (Å²) in [6.45, 7) is 0. The Morgan fingerprint density at radius 3 is 2.11 bits per heavy atom. The van der Waals surface area contributed by atoms with Crippen LogP contribution >= 0.6 is 0 Å². The van der Waals surface area contributed by atoms with Crippen LogP contribution in [0.4, 0.5) is 17.6 Å². The lowest BCUT2D eigenvalue weighted by Crippen LogP contribution is -2.02. The highest BCUT2D eigenvalue weighted by molar-refractivity contribution is 5.77. The molecule has 0 atom stereocenters. The fourth-order valence-electron chi connectivity index (χ4n) is 1.78. The summed E-state index contributed by atoms with van der Waals surface area (Å²) in [5.41, 5.74) is -0.836. The van der Waals surface area contributed by atoms with Crippen molar-refractivity contribution < 1.29 is 17.6 Å². The minimum absolute atomic E-state index is 0.356. The number of hydrogen-bond donors (Lipinski definition) is 0. The van der Waals surface area contributed by atoms with Crippen molar-refractivity contribution in [1.82, 2.24) is 15.0 Å². The van der Waals surface area contributed by atoms with Crippen molar-refractivity contribution in [2.75, 3.05) is 0 Å². The van der Waals surface area contributed by atoms with E-state index in [4.69, 9.17) is 0 Å². The van der Waals surface area contributed by atoms with Gasteiger partial charge in [-0.15, -0.1) is 5.10 Å². The summed E-state index contributed by atoms with van der Waals surface area (Å²) in [4.78, 5) is 0. The van der Waals surface area contributed by atoms with Gasteiger partial charge in [-0.3, -0.25) is 0 Å². The number of hydrogen-bond acceptors (Lipinski definition) is 2. The Labute approximate surface area is 104 Å². The van der Waals surface area contributed by atoms with E-state index in [0.29, 0.717) is 5.69 Å². The van der Waals surface area contributed by atoms with Crippen LogP contribution in [0.5, 0.6) is 0 Å². The number of rotatable bonds is 1. The molecule has 19 heavy (non-hydrogen) atoms. The van der Waals surface area contributed by atoms with Gasteiger partial charge in [-0.2, -0.15) is 0 Å². The Kier molecular flexibility index (Phi) is 2.48. The van der Waals surface area contributed by atoms with Crippen LogP contribution in [0.3, 0.4) is 0 Å². The highest BCUT2D eigenvalue weighted by Gasteiger charge is 2.25. The van der Waals surface area contributed by atoms with Crippen molar-refractivity contribution in [2.24, 2.45) is 0 Å². The maximum absolute atomic E-state index is 13.7. The Morgan fingerprint density at radius 1 is 0.789 bits per heavy atom. The Balaban J connectivity index is 2.42. The van der Waals surface area contributed by atoms with Gasteiger partial charge in [0.25, 0.3) is 0 Å². The molecule has 3 nitrogen and oxygen atoms in total. The Hall–Kier alpha value is -2.44. The van der Waals surface area contributed by atoms with Gasteiger partial charge in [0.05, 0.1) is 5.69 Å². The van der Waals surface area contributed by atoms with Gasteiger partial charge in [0, 0.05) is 0 Å². The standard InChI is InChI=1S/C12H5F4N3/c13-7-8(14)10(16)12-11(9(7)15)17-18-19(12)6-4-2-1-3-5-6/h1-5H. The molecule has 0 saturated carbocycles. The molecule has 0 fully saturated rings. The first kappa shape index (κ1) is 11.6. The van der Waals surface area contributed by atoms with Crippen LogP contribution < -0.4 is 0 Å². The Bertz CT molecular complexity index is 768. The lowest BCUT2D eigenvalue weighted by atomic mass is 10.2. The molecule has 0 amide bonds. The molecule has 3 aromatic rings. The molecule has 0 aliphatic heterocycles. The summed E-state index contributed by atoms with van der Waals surface area (Å²) in [5, 5.41) is 6.87. The van der Waals surface area contributed by atoms with Crippen LogP contribution in [0.1, 0.15) is 0 Å². The number of halogens is 4. The van der Waals surface area contributed by atoms with Crippen molar-refractivity contribution in [3.05, 3.63) is 53.6 Å². The molecule has 1 aromatic heterocycles. The minimum Gasteiger partial charge on any atom is -0.210 e. The largest absolute Gasteiger partial charge is 0.210 e. The summed E-state index contributed by atoms with van der Waals surface area (Å²) >= 11 is 0. The third-order valence-corrected chi connectivity index (χ3v) is 2.66. The molecule has 0 radical (unpaired) electrons. The van der Waals surface area contributed by atoms with Crippen LogP contribution in [-0.2, 0) is 0 Å². The van der Waals surface area contributed by atoms with Gasteiger partial charge in [-0.1, -0.05) is 23.4 Å². The normalized spacial score (nSPS) is 11.2. The SMILES string of the molecule is Fc1c(F)c(F)c2c(nnn2-c2ccccc2)c1F. The third kappa shape index (κ3) is 1.58. The quantitative estimate of drug-likeness (QED) is 0.385. The second kappa shape index (κ2) is 4.04. The van der Waals surface area contributed by atoms with E-state index < -0.39 is 34.3 Å². The van der Waals surface area contributed by atoms with Gasteiger partial charge in [0.1, 0.15) is 5.52 Å². The van der Waals surface area contributed by atoms with Crippen molar-refractivity contribution >= 4 is 11.0 Å². The van der Waals surface area contributed by atoms with E-state index in [1.807, 2.05) is 0 Å². The number of aromatic nitrogens is 3. The second-order valence-corrected chi connectivity index (χ2v) is 3.79. The van der Waals surface area contributed by atoms with Crippen LogP contribution in [0.2, 0.25) is 0 Å². The molecule has 96 valence electrons. The lowest BCUT2D eigenvalue weighted by molar-refractivity contribution is 0.416. The van der Waals surface area contributed by atoms with E-state index in [1.54, 1.807) is 30.3 Å². The lowest BCUT2D eigenvalue weighted by Gasteiger charge is -2.03. The molecule has 0 N–H and O–H groups in total. The summed E-state index contributed by atoms with van der Waals surface area (Å²) in [6.07, 6.45) is 0. The van der Waals surface area contributed by atoms with E-state index >= 15 is 0 Å². The zero-order valence-corrected chi connectivity index (χ0v) is 9.24. The predicted octanol–water partition coefficient (Wildman–Crippen LogP) is 2.98. The van der Waals surface area contributed by atoms with Gasteiger partial charge in [-0.25, -0.2) is 22.2 Å². The zero-order valence-electron chi connectivity index (χ0n) is 9.24. The van der Waals surface area contributed by atoms with Crippen LogP contribution in [-0.4, -0.2) is 15.0 Å². The highest BCUT2D eigenvalue weighted by atomic mass is 19.2. The summed E-state index contributed by atoms with van der Waals surface area (Å²) in [6, 6.07) is 8.08. The molecular weight excluding hydrogens is 262 g/mol.